The molecule has 120 valence electrons. The van der Waals surface area contributed by atoms with Crippen LogP contribution in [-0.4, -0.2) is 10.1 Å². The number of aromatic nitrogens is 1. The van der Waals surface area contributed by atoms with Crippen molar-refractivity contribution in [3.8, 4) is 5.75 Å². The molecule has 1 heterocycles. The maximum Gasteiger partial charge on any atom is 0.129 e. The quantitative estimate of drug-likeness (QED) is 0.641. The van der Waals surface area contributed by atoms with Crippen LogP contribution in [0.4, 0.5) is 0 Å². The highest BCUT2D eigenvalue weighted by Crippen LogP contribution is 2.22. The average Bonchev–Trinajstić information content (AvgIpc) is 2.62. The molecule has 2 nitrogen and oxygen atoms in total. The lowest BCUT2D eigenvalue weighted by molar-refractivity contribution is 0.475. The van der Waals surface area contributed by atoms with E-state index < -0.39 is 0 Å². The zero-order valence-electron chi connectivity index (χ0n) is 13.2. The highest BCUT2D eigenvalue weighted by Gasteiger charge is 2.04. The van der Waals surface area contributed by atoms with Crippen molar-refractivity contribution in [1.29, 1.82) is 0 Å². The van der Waals surface area contributed by atoms with E-state index in [-0.39, 0.29) is 5.75 Å². The van der Waals surface area contributed by atoms with Crippen molar-refractivity contribution in [1.82, 2.24) is 4.98 Å². The van der Waals surface area contributed by atoms with Crippen LogP contribution in [0.3, 0.4) is 0 Å². The molecule has 3 aromatic rings. The summed E-state index contributed by atoms with van der Waals surface area (Å²) in [4.78, 5) is 4.13. The number of rotatable bonds is 5. The zero-order chi connectivity index (χ0) is 16.8. The van der Waals surface area contributed by atoms with Crippen LogP contribution in [-0.2, 0) is 12.8 Å². The molecular formula is C21H18ClNO. The van der Waals surface area contributed by atoms with Crippen LogP contribution in [0, 0.1) is 0 Å². The third-order valence-electron chi connectivity index (χ3n) is 3.85. The number of benzene rings is 2. The Hall–Kier alpha value is -2.58. The van der Waals surface area contributed by atoms with E-state index in [1.165, 1.54) is 11.1 Å². The van der Waals surface area contributed by atoms with Crippen molar-refractivity contribution in [2.24, 2.45) is 0 Å². The van der Waals surface area contributed by atoms with Gasteiger partial charge < -0.3 is 5.11 Å². The Kier molecular flexibility index (Phi) is 5.29. The summed E-state index contributed by atoms with van der Waals surface area (Å²) in [7, 11) is 0. The van der Waals surface area contributed by atoms with Gasteiger partial charge in [-0.05, 0) is 53.3 Å². The van der Waals surface area contributed by atoms with Crippen LogP contribution in [0.5, 0.6) is 5.75 Å². The summed E-state index contributed by atoms with van der Waals surface area (Å²) in [6.07, 6.45) is 5.65. The van der Waals surface area contributed by atoms with Gasteiger partial charge in [-0.1, -0.05) is 66.2 Å². The van der Waals surface area contributed by atoms with Crippen LogP contribution in [0.25, 0.3) is 5.57 Å². The molecule has 0 bridgehead atoms. The van der Waals surface area contributed by atoms with Gasteiger partial charge in [-0.2, -0.15) is 0 Å². The first-order valence-corrected chi connectivity index (χ1v) is 8.21. The van der Waals surface area contributed by atoms with Gasteiger partial charge in [0.25, 0.3) is 0 Å². The maximum absolute atomic E-state index is 9.45. The first kappa shape index (κ1) is 16.3. The second kappa shape index (κ2) is 7.80. The molecule has 0 radical (unpaired) electrons. The molecule has 0 aliphatic heterocycles. The number of nitrogens with zero attached hydrogens (tertiary/aromatic N) is 1. The van der Waals surface area contributed by atoms with Crippen LogP contribution in [0.15, 0.2) is 79.0 Å². The third kappa shape index (κ3) is 4.46. The van der Waals surface area contributed by atoms with Crippen LogP contribution in [0.2, 0.25) is 5.15 Å². The highest BCUT2D eigenvalue weighted by molar-refractivity contribution is 6.29. The largest absolute Gasteiger partial charge is 0.508 e. The van der Waals surface area contributed by atoms with E-state index in [0.29, 0.717) is 5.15 Å². The van der Waals surface area contributed by atoms with Crippen LogP contribution >= 0.6 is 11.6 Å². The molecule has 24 heavy (non-hydrogen) atoms. The van der Waals surface area contributed by atoms with E-state index in [1.54, 1.807) is 12.1 Å². The molecule has 1 aromatic heterocycles. The lowest BCUT2D eigenvalue weighted by Crippen LogP contribution is -1.93. The standard InChI is InChI=1S/C21H18ClNO/c22-21-13-9-17(15-23-21)6-10-19(18-4-2-1-3-5-18)14-16-7-11-20(24)12-8-16/h1-5,7-13,15,24H,6,14H2/b19-10+. The number of phenolic OH excluding ortho intramolecular Hbond substituents is 1. The van der Waals surface area contributed by atoms with Crippen molar-refractivity contribution in [3.05, 3.63) is 101 Å². The van der Waals surface area contributed by atoms with Gasteiger partial charge in [0.15, 0.2) is 0 Å². The van der Waals surface area contributed by atoms with Gasteiger partial charge in [0, 0.05) is 6.20 Å². The first-order chi connectivity index (χ1) is 11.7. The fraction of sp³-hybridized carbons (Fsp3) is 0.0952. The van der Waals surface area contributed by atoms with Gasteiger partial charge in [0.2, 0.25) is 0 Å². The molecule has 3 rings (SSSR count). The van der Waals surface area contributed by atoms with Crippen molar-refractivity contribution >= 4 is 17.2 Å². The number of pyridine rings is 1. The summed E-state index contributed by atoms with van der Waals surface area (Å²) in [5.74, 6) is 0.288. The van der Waals surface area contributed by atoms with Crippen molar-refractivity contribution < 1.29 is 5.11 Å². The highest BCUT2D eigenvalue weighted by atomic mass is 35.5. The number of halogens is 1. The topological polar surface area (TPSA) is 33.1 Å². The molecule has 1 N–H and O–H groups in total. The summed E-state index contributed by atoms with van der Waals surface area (Å²) >= 11 is 5.84. The third-order valence-corrected chi connectivity index (χ3v) is 4.07. The van der Waals surface area contributed by atoms with E-state index in [4.69, 9.17) is 11.6 Å². The monoisotopic (exact) mass is 335 g/mol. The lowest BCUT2D eigenvalue weighted by atomic mass is 9.96. The molecule has 3 heteroatoms. The summed E-state index contributed by atoms with van der Waals surface area (Å²) in [6, 6.07) is 21.5. The Morgan fingerprint density at radius 1 is 0.917 bits per heavy atom. The summed E-state index contributed by atoms with van der Waals surface area (Å²) < 4.78 is 0. The molecule has 0 spiro atoms. The van der Waals surface area contributed by atoms with Gasteiger partial charge in [-0.25, -0.2) is 4.98 Å². The lowest BCUT2D eigenvalue weighted by Gasteiger charge is -2.09. The Bertz CT molecular complexity index is 809. The fourth-order valence-electron chi connectivity index (χ4n) is 2.55. The molecule has 0 aliphatic rings. The molecule has 0 amide bonds. The van der Waals surface area contributed by atoms with Crippen molar-refractivity contribution in [2.45, 2.75) is 12.8 Å². The van der Waals surface area contributed by atoms with E-state index in [2.05, 4.69) is 23.2 Å². The molecule has 0 unspecified atom stereocenters. The molecule has 2 aromatic carbocycles. The number of allylic oxidation sites excluding steroid dienone is 2. The molecule has 0 saturated heterocycles. The normalized spacial score (nSPS) is 11.5. The summed E-state index contributed by atoms with van der Waals surface area (Å²) in [5, 5.41) is 9.96. The van der Waals surface area contributed by atoms with Gasteiger partial charge in [-0.3, -0.25) is 0 Å². The Balaban J connectivity index is 1.85. The summed E-state index contributed by atoms with van der Waals surface area (Å²) in [5.41, 5.74) is 4.74. The first-order valence-electron chi connectivity index (χ1n) is 7.83. The predicted octanol–water partition coefficient (Wildman–Crippen LogP) is 5.31. The number of hydrogen-bond acceptors (Lipinski definition) is 2. The van der Waals surface area contributed by atoms with Crippen LogP contribution in [0.1, 0.15) is 16.7 Å². The van der Waals surface area contributed by atoms with E-state index in [1.807, 2.05) is 48.7 Å². The van der Waals surface area contributed by atoms with Crippen LogP contribution < -0.4 is 0 Å². The van der Waals surface area contributed by atoms with Gasteiger partial charge in [-0.15, -0.1) is 0 Å². The Morgan fingerprint density at radius 3 is 2.29 bits per heavy atom. The van der Waals surface area contributed by atoms with Crippen molar-refractivity contribution in [3.63, 3.8) is 0 Å². The molecular weight excluding hydrogens is 318 g/mol. The second-order valence-electron chi connectivity index (χ2n) is 5.63. The number of aromatic hydroxyl groups is 1. The molecule has 0 fully saturated rings. The van der Waals surface area contributed by atoms with Gasteiger partial charge in [0.05, 0.1) is 0 Å². The average molecular weight is 336 g/mol. The minimum atomic E-state index is 0.288. The molecule has 0 aliphatic carbocycles. The minimum Gasteiger partial charge on any atom is -0.508 e. The zero-order valence-corrected chi connectivity index (χ0v) is 13.9. The number of phenols is 1. The Labute approximate surface area is 147 Å². The smallest absolute Gasteiger partial charge is 0.129 e. The van der Waals surface area contributed by atoms with Gasteiger partial charge >= 0.3 is 0 Å². The van der Waals surface area contributed by atoms with E-state index in [0.717, 1.165) is 24.0 Å². The van der Waals surface area contributed by atoms with E-state index in [9.17, 15) is 5.11 Å². The minimum absolute atomic E-state index is 0.288. The SMILES string of the molecule is Oc1ccc(C/C(=C\Cc2ccc(Cl)nc2)c2ccccc2)cc1. The maximum atomic E-state index is 9.45. The predicted molar refractivity (Wildman–Crippen MR) is 99.2 cm³/mol. The number of hydrogen-bond donors (Lipinski definition) is 1. The summed E-state index contributed by atoms with van der Waals surface area (Å²) in [6.45, 7) is 0. The van der Waals surface area contributed by atoms with Gasteiger partial charge in [0.1, 0.15) is 10.9 Å². The van der Waals surface area contributed by atoms with Crippen molar-refractivity contribution in [2.75, 3.05) is 0 Å². The second-order valence-corrected chi connectivity index (χ2v) is 6.02. The molecule has 0 saturated carbocycles. The molecule has 0 atom stereocenters. The van der Waals surface area contributed by atoms with E-state index >= 15 is 0 Å². The Morgan fingerprint density at radius 2 is 1.62 bits per heavy atom. The fourth-order valence-corrected chi connectivity index (χ4v) is 2.66.